The second-order valence-corrected chi connectivity index (χ2v) is 13.7. The van der Waals surface area contributed by atoms with Gasteiger partial charge >= 0.3 is 13.0 Å². The van der Waals surface area contributed by atoms with E-state index < -0.39 is 65.9 Å². The van der Waals surface area contributed by atoms with Crippen molar-refractivity contribution in [3.63, 3.8) is 0 Å². The molecule has 2 aliphatic carbocycles. The van der Waals surface area contributed by atoms with E-state index in [4.69, 9.17) is 9.47 Å². The minimum atomic E-state index is -1.66. The first kappa shape index (κ1) is 33.8. The molecule has 2 bridgehead atoms. The molecule has 44 heavy (non-hydrogen) atoms. The summed E-state index contributed by atoms with van der Waals surface area (Å²) in [7, 11) is -1.29. The molecule has 0 unspecified atom stereocenters. The molecule has 11 heteroatoms. The van der Waals surface area contributed by atoms with Gasteiger partial charge in [-0.15, -0.1) is 6.58 Å². The number of benzene rings is 1. The lowest BCUT2D eigenvalue weighted by molar-refractivity contribution is -0.215. The number of hydrogen-bond acceptors (Lipinski definition) is 8. The smallest absolute Gasteiger partial charge is 0.474 e. The molecule has 240 valence electrons. The Bertz CT molecular complexity index is 1340. The first-order chi connectivity index (χ1) is 20.5. The van der Waals surface area contributed by atoms with Gasteiger partial charge in [0.2, 0.25) is 5.91 Å². The van der Waals surface area contributed by atoms with Crippen molar-refractivity contribution in [2.75, 3.05) is 6.61 Å². The van der Waals surface area contributed by atoms with E-state index in [0.717, 1.165) is 11.3 Å². The topological polar surface area (TPSA) is 126 Å². The first-order valence-electron chi connectivity index (χ1n) is 15.5. The zero-order valence-electron chi connectivity index (χ0n) is 26.9. The Morgan fingerprint density at radius 2 is 1.93 bits per heavy atom. The van der Waals surface area contributed by atoms with Crippen LogP contribution in [0, 0.1) is 34.0 Å². The molecular weight excluding hydrogens is 566 g/mol. The first-order valence-corrected chi connectivity index (χ1v) is 15.5. The normalized spacial score (nSPS) is 35.5. The van der Waals surface area contributed by atoms with Crippen molar-refractivity contribution in [3.8, 4) is 5.75 Å². The highest BCUT2D eigenvalue weighted by atomic mass is 19.1. The Balaban J connectivity index is 1.62. The fourth-order valence-electron chi connectivity index (χ4n) is 8.11. The number of carbonyl (C=O) groups is 3. The number of alkyl halides is 1. The quantitative estimate of drug-likeness (QED) is 0.260. The van der Waals surface area contributed by atoms with Crippen molar-refractivity contribution in [1.29, 1.82) is 0 Å². The number of rotatable bonds is 8. The minimum absolute atomic E-state index is 0.00299. The summed E-state index contributed by atoms with van der Waals surface area (Å²) in [4.78, 5) is 38.3. The van der Waals surface area contributed by atoms with Crippen LogP contribution in [0.25, 0.3) is 0 Å². The summed E-state index contributed by atoms with van der Waals surface area (Å²) in [5.74, 6) is -1.69. The van der Waals surface area contributed by atoms with Gasteiger partial charge in [0.25, 0.3) is 0 Å². The molecule has 1 aromatic carbocycles. The number of Topliss-reactive ketones (excluding diaryl/α,β-unsaturated/α-hetero) is 1. The molecule has 3 aliphatic rings. The molecule has 2 N–H and O–H groups in total. The monoisotopic (exact) mass is 612 g/mol. The second kappa shape index (κ2) is 12.4. The number of ether oxygens (including phenoxy) is 2. The van der Waals surface area contributed by atoms with Crippen LogP contribution in [0.1, 0.15) is 79.7 Å². The third-order valence-corrected chi connectivity index (χ3v) is 11.6. The van der Waals surface area contributed by atoms with Gasteiger partial charge in [-0.2, -0.15) is 5.10 Å². The van der Waals surface area contributed by atoms with E-state index >= 15 is 4.39 Å². The van der Waals surface area contributed by atoms with Crippen LogP contribution in [-0.4, -0.2) is 71.0 Å². The molecule has 9 atom stereocenters. The molecule has 0 radical (unpaired) electrons. The molecule has 2 fully saturated rings. The summed E-state index contributed by atoms with van der Waals surface area (Å²) < 4.78 is 27.3. The van der Waals surface area contributed by atoms with E-state index in [-0.39, 0.29) is 24.2 Å². The highest BCUT2D eigenvalue weighted by molar-refractivity contribution is 6.67. The van der Waals surface area contributed by atoms with Crippen LogP contribution in [0.4, 0.5) is 4.39 Å². The van der Waals surface area contributed by atoms with Crippen molar-refractivity contribution in [2.45, 2.75) is 92.5 Å². The molecule has 1 heterocycles. The van der Waals surface area contributed by atoms with E-state index in [1.807, 2.05) is 20.8 Å². The average molecular weight is 613 g/mol. The number of fused-ring (bicyclic) bond motifs is 3. The number of aliphatic hydroxyl groups is 1. The molecule has 2 saturated carbocycles. The molecule has 4 rings (SSSR count). The number of carbonyl (C=O) groups excluding carboxylic acids is 3. The lowest BCUT2D eigenvalue weighted by Gasteiger charge is -2.64. The summed E-state index contributed by atoms with van der Waals surface area (Å²) >= 11 is 0. The van der Waals surface area contributed by atoms with E-state index in [2.05, 4.69) is 25.5 Å². The molecule has 1 amide bonds. The number of hydrogen-bond donors (Lipinski definition) is 2. The maximum atomic E-state index is 15.3. The van der Waals surface area contributed by atoms with Crippen LogP contribution in [0.2, 0.25) is 0 Å². The van der Waals surface area contributed by atoms with Crippen molar-refractivity contribution in [1.82, 2.24) is 4.92 Å². The van der Waals surface area contributed by atoms with Crippen molar-refractivity contribution >= 4 is 36.4 Å². The Kier molecular flexibility index (Phi) is 9.53. The molecular formula is C33H46BFN2O7. The Morgan fingerprint density at radius 1 is 1.25 bits per heavy atom. The molecule has 0 aromatic heterocycles. The van der Waals surface area contributed by atoms with Crippen LogP contribution in [0.5, 0.6) is 5.75 Å². The second-order valence-electron chi connectivity index (χ2n) is 13.7. The minimum Gasteiger partial charge on any atom is -0.482 e. The predicted molar refractivity (Wildman–Crippen MR) is 166 cm³/mol. The number of nitrogens with zero attached hydrogens (tertiary/aromatic N) is 2. The highest BCUT2D eigenvalue weighted by Gasteiger charge is 2.63. The number of aliphatic hydroxyl groups excluding tert-OH is 1. The van der Waals surface area contributed by atoms with Crippen LogP contribution >= 0.6 is 0 Å². The van der Waals surface area contributed by atoms with Crippen molar-refractivity contribution in [3.05, 3.63) is 36.4 Å². The van der Waals surface area contributed by atoms with E-state index in [0.29, 0.717) is 29.6 Å². The summed E-state index contributed by atoms with van der Waals surface area (Å²) in [5.41, 5.74) is -1.13. The summed E-state index contributed by atoms with van der Waals surface area (Å²) in [6.45, 7) is 16.2. The van der Waals surface area contributed by atoms with E-state index in [1.54, 1.807) is 24.3 Å². The lowest BCUT2D eigenvalue weighted by Crippen LogP contribution is -2.63. The zero-order chi connectivity index (χ0) is 32.8. The predicted octanol–water partition coefficient (Wildman–Crippen LogP) is 3.83. The Hall–Kier alpha value is -3.05. The van der Waals surface area contributed by atoms with Gasteiger partial charge in [-0.25, -0.2) is 14.1 Å². The third kappa shape index (κ3) is 5.73. The maximum absolute atomic E-state index is 15.3. The third-order valence-electron chi connectivity index (χ3n) is 11.6. The molecule has 0 saturated heterocycles. The number of amides is 1. The lowest BCUT2D eigenvalue weighted by atomic mass is 9.42. The number of ketones is 1. The van der Waals surface area contributed by atoms with Gasteiger partial charge in [0.05, 0.1) is 12.3 Å². The Morgan fingerprint density at radius 3 is 2.55 bits per heavy atom. The fraction of sp³-hybridized carbons (Fsp3) is 0.636. The van der Waals surface area contributed by atoms with Gasteiger partial charge in [-0.05, 0) is 78.9 Å². The highest BCUT2D eigenvalue weighted by Crippen LogP contribution is 2.65. The van der Waals surface area contributed by atoms with Crippen molar-refractivity contribution < 1.29 is 38.4 Å². The SMILES string of the molecule is C=C[C@]1(C)C[C@@H](OC(=O)COc2ccc3c(c2)B(O)N(C(C)=O)N=C3)[C@]2(C)[C@H](C)CC[C@@](C[C@H](F)C(C)=O)([C@H]2C)[C@@H](C)[C@@H]1O. The zero-order valence-corrected chi connectivity index (χ0v) is 26.9. The van der Waals surface area contributed by atoms with Gasteiger partial charge < -0.3 is 19.6 Å². The molecule has 9 nitrogen and oxygen atoms in total. The number of esters is 1. The average Bonchev–Trinajstić information content (AvgIpc) is 2.98. The number of halogens is 1. The largest absolute Gasteiger partial charge is 0.482 e. The summed E-state index contributed by atoms with van der Waals surface area (Å²) in [6.07, 6.45) is 1.63. The van der Waals surface area contributed by atoms with Crippen molar-refractivity contribution in [2.24, 2.45) is 39.1 Å². The van der Waals surface area contributed by atoms with Crippen LogP contribution < -0.4 is 10.2 Å². The van der Waals surface area contributed by atoms with Gasteiger partial charge in [0.15, 0.2) is 18.6 Å². The summed E-state index contributed by atoms with van der Waals surface area (Å²) in [5, 5.41) is 26.4. The molecule has 1 aliphatic heterocycles. The van der Waals surface area contributed by atoms with Gasteiger partial charge in [0.1, 0.15) is 11.9 Å². The maximum Gasteiger partial charge on any atom is 0.474 e. The summed E-state index contributed by atoms with van der Waals surface area (Å²) in [6, 6.07) is 4.87. The van der Waals surface area contributed by atoms with Gasteiger partial charge in [-0.3, -0.25) is 9.59 Å². The standard InChI is InChI=1S/C33H46BFN2O7/c1-9-31(7)16-28(32(8)19(2)12-13-33(22(32)5,20(3)30(31)41)15-27(35)21(4)38)44-29(40)18-43-25-11-10-24-17-36-37(23(6)39)34(42)26(24)14-25/h9-11,14,17,19-20,22,27-28,30,41-42H,1,12-13,15-16,18H2,2-8H3/t19-,20+,22+,27+,28-,30+,31-,32-,33+/m1/s1. The van der Waals surface area contributed by atoms with E-state index in [1.165, 1.54) is 20.1 Å². The molecule has 0 spiro atoms. The van der Waals surface area contributed by atoms with E-state index in [9.17, 15) is 24.5 Å². The van der Waals surface area contributed by atoms with Crippen LogP contribution in [-0.2, 0) is 19.1 Å². The molecule has 1 aromatic rings. The van der Waals surface area contributed by atoms with Crippen LogP contribution in [0.3, 0.4) is 0 Å². The number of hydrazone groups is 1. The van der Waals surface area contributed by atoms with Gasteiger partial charge in [-0.1, -0.05) is 46.8 Å². The van der Waals surface area contributed by atoms with Crippen LogP contribution in [0.15, 0.2) is 36.0 Å². The fourth-order valence-corrected chi connectivity index (χ4v) is 8.11. The Labute approximate surface area is 260 Å². The van der Waals surface area contributed by atoms with Gasteiger partial charge in [0, 0.05) is 17.8 Å².